The van der Waals surface area contributed by atoms with Crippen molar-refractivity contribution in [2.75, 3.05) is 6.54 Å². The van der Waals surface area contributed by atoms with E-state index in [-0.39, 0.29) is 6.03 Å². The summed E-state index contributed by atoms with van der Waals surface area (Å²) in [5.41, 5.74) is -1.97. The Hall–Kier alpha value is -2.12. The number of hydrogen-bond acceptors (Lipinski definition) is 4. The van der Waals surface area contributed by atoms with E-state index >= 15 is 0 Å². The van der Waals surface area contributed by atoms with Gasteiger partial charge < -0.3 is 19.9 Å². The molecular weight excluding hydrogens is 274 g/mol. The summed E-state index contributed by atoms with van der Waals surface area (Å²) in [6, 6.07) is -0.288. The number of rotatable bonds is 3. The van der Waals surface area contributed by atoms with Crippen LogP contribution in [0, 0.1) is 5.41 Å². The second-order valence-electron chi connectivity index (χ2n) is 6.35. The van der Waals surface area contributed by atoms with Gasteiger partial charge in [-0.05, 0) is 27.7 Å². The molecule has 1 aliphatic rings. The number of carbonyl (C=O) groups excluding carboxylic acids is 1. The summed E-state index contributed by atoms with van der Waals surface area (Å²) in [6.07, 6.45) is 1.64. The van der Waals surface area contributed by atoms with E-state index in [9.17, 15) is 14.7 Å². The highest BCUT2D eigenvalue weighted by molar-refractivity contribution is 5.79. The molecule has 2 heterocycles. The van der Waals surface area contributed by atoms with Crippen LogP contribution in [-0.2, 0) is 17.9 Å². The molecule has 8 heteroatoms. The van der Waals surface area contributed by atoms with E-state index in [0.29, 0.717) is 19.6 Å². The predicted molar refractivity (Wildman–Crippen MR) is 74.5 cm³/mol. The number of carboxylic acid groups (broad SMARTS) is 1. The summed E-state index contributed by atoms with van der Waals surface area (Å²) in [6.45, 7) is 8.18. The monoisotopic (exact) mass is 295 g/mol. The van der Waals surface area contributed by atoms with Gasteiger partial charge in [0.2, 0.25) is 0 Å². The molecule has 0 radical (unpaired) electrons. The van der Waals surface area contributed by atoms with Crippen molar-refractivity contribution in [1.82, 2.24) is 25.0 Å². The van der Waals surface area contributed by atoms with Crippen molar-refractivity contribution in [1.29, 1.82) is 0 Å². The quantitative estimate of drug-likeness (QED) is 0.854. The Morgan fingerprint density at radius 2 is 1.95 bits per heavy atom. The highest BCUT2D eigenvalue weighted by atomic mass is 16.4. The molecule has 0 atom stereocenters. The Labute approximate surface area is 123 Å². The van der Waals surface area contributed by atoms with Crippen molar-refractivity contribution in [2.24, 2.45) is 5.41 Å². The van der Waals surface area contributed by atoms with Crippen LogP contribution in [-0.4, -0.2) is 48.9 Å². The van der Waals surface area contributed by atoms with E-state index in [2.05, 4.69) is 15.5 Å². The molecule has 21 heavy (non-hydrogen) atoms. The molecule has 2 amide bonds. The summed E-state index contributed by atoms with van der Waals surface area (Å²) >= 11 is 0. The van der Waals surface area contributed by atoms with Crippen molar-refractivity contribution in [3.63, 3.8) is 0 Å². The number of hydrogen-bond donors (Lipinski definition) is 2. The van der Waals surface area contributed by atoms with Crippen LogP contribution >= 0.6 is 0 Å². The van der Waals surface area contributed by atoms with Crippen molar-refractivity contribution < 1.29 is 14.7 Å². The van der Waals surface area contributed by atoms with Gasteiger partial charge in [-0.15, -0.1) is 10.2 Å². The third-order valence-corrected chi connectivity index (χ3v) is 4.44. The molecule has 2 rings (SSSR count). The van der Waals surface area contributed by atoms with Gasteiger partial charge in [0.25, 0.3) is 0 Å². The van der Waals surface area contributed by atoms with E-state index in [1.165, 1.54) is 0 Å². The van der Waals surface area contributed by atoms with Crippen LogP contribution in [0.25, 0.3) is 0 Å². The number of urea groups is 1. The van der Waals surface area contributed by atoms with Crippen LogP contribution in [0.15, 0.2) is 6.33 Å². The Morgan fingerprint density at radius 3 is 2.57 bits per heavy atom. The number of amides is 2. The third-order valence-electron chi connectivity index (χ3n) is 4.44. The van der Waals surface area contributed by atoms with Crippen LogP contribution in [0.5, 0.6) is 0 Å². The first kappa shape index (κ1) is 15.3. The zero-order valence-corrected chi connectivity index (χ0v) is 12.8. The zero-order valence-electron chi connectivity index (χ0n) is 12.8. The molecule has 0 aromatic carbocycles. The van der Waals surface area contributed by atoms with Crippen LogP contribution in [0.4, 0.5) is 4.79 Å². The molecule has 116 valence electrons. The molecule has 1 aromatic rings. The van der Waals surface area contributed by atoms with E-state index < -0.39 is 16.9 Å². The van der Waals surface area contributed by atoms with E-state index in [1.807, 2.05) is 4.57 Å². The van der Waals surface area contributed by atoms with Crippen LogP contribution < -0.4 is 5.32 Å². The van der Waals surface area contributed by atoms with Crippen molar-refractivity contribution in [2.45, 2.75) is 46.3 Å². The maximum atomic E-state index is 12.4. The first-order valence-electron chi connectivity index (χ1n) is 6.82. The Kier molecular flexibility index (Phi) is 3.65. The number of nitrogens with zero attached hydrogens (tertiary/aromatic N) is 4. The number of aliphatic carboxylic acids is 1. The first-order chi connectivity index (χ1) is 9.65. The maximum absolute atomic E-state index is 12.4. The smallest absolute Gasteiger partial charge is 0.318 e. The van der Waals surface area contributed by atoms with Gasteiger partial charge in [0.1, 0.15) is 6.33 Å². The SMILES string of the molecule is CC(C)(NC(=O)N1CCn2cnnc2C1)C(C)(C)C(=O)O. The van der Waals surface area contributed by atoms with Crippen LogP contribution in [0.1, 0.15) is 33.5 Å². The molecule has 0 unspecified atom stereocenters. The summed E-state index contributed by atoms with van der Waals surface area (Å²) in [4.78, 5) is 25.4. The molecule has 2 N–H and O–H groups in total. The van der Waals surface area contributed by atoms with Crippen molar-refractivity contribution in [3.8, 4) is 0 Å². The lowest BCUT2D eigenvalue weighted by molar-refractivity contribution is -0.150. The normalized spacial score (nSPS) is 15.5. The Balaban J connectivity index is 2.07. The minimum absolute atomic E-state index is 0.288. The third kappa shape index (κ3) is 2.70. The summed E-state index contributed by atoms with van der Waals surface area (Å²) in [5.74, 6) is -0.224. The van der Waals surface area contributed by atoms with Gasteiger partial charge in [-0.1, -0.05) is 0 Å². The van der Waals surface area contributed by atoms with Gasteiger partial charge in [0.15, 0.2) is 5.82 Å². The van der Waals surface area contributed by atoms with E-state index in [1.54, 1.807) is 38.9 Å². The second-order valence-corrected chi connectivity index (χ2v) is 6.35. The average Bonchev–Trinajstić information content (AvgIpc) is 2.84. The fourth-order valence-corrected chi connectivity index (χ4v) is 2.01. The highest BCUT2D eigenvalue weighted by Crippen LogP contribution is 2.31. The van der Waals surface area contributed by atoms with Crippen LogP contribution in [0.3, 0.4) is 0 Å². The minimum Gasteiger partial charge on any atom is -0.481 e. The fourth-order valence-electron chi connectivity index (χ4n) is 2.01. The lowest BCUT2D eigenvalue weighted by Gasteiger charge is -2.40. The molecule has 1 aliphatic heterocycles. The zero-order chi connectivity index (χ0) is 15.8. The van der Waals surface area contributed by atoms with Gasteiger partial charge in [-0.2, -0.15) is 0 Å². The Morgan fingerprint density at radius 1 is 1.29 bits per heavy atom. The Bertz CT molecular complexity index is 564. The first-order valence-corrected chi connectivity index (χ1v) is 6.82. The number of aromatic nitrogens is 3. The second kappa shape index (κ2) is 5.01. The van der Waals surface area contributed by atoms with E-state index in [0.717, 1.165) is 5.82 Å². The van der Waals surface area contributed by atoms with Gasteiger partial charge in [0, 0.05) is 13.1 Å². The number of carbonyl (C=O) groups is 2. The largest absolute Gasteiger partial charge is 0.481 e. The van der Waals surface area contributed by atoms with Gasteiger partial charge in [0.05, 0.1) is 17.5 Å². The lowest BCUT2D eigenvalue weighted by Crippen LogP contribution is -2.60. The maximum Gasteiger partial charge on any atom is 0.318 e. The standard InChI is InChI=1S/C13H21N5O3/c1-12(2,10(19)20)13(3,4)15-11(21)17-5-6-18-8-14-16-9(18)7-17/h8H,5-7H2,1-4H3,(H,15,21)(H,19,20). The predicted octanol–water partition coefficient (Wildman–Crippen LogP) is 0.693. The van der Waals surface area contributed by atoms with Gasteiger partial charge in [-0.25, -0.2) is 4.79 Å². The molecule has 0 spiro atoms. The minimum atomic E-state index is -1.08. The molecule has 0 aliphatic carbocycles. The average molecular weight is 295 g/mol. The van der Waals surface area contributed by atoms with Crippen molar-refractivity contribution in [3.05, 3.63) is 12.2 Å². The fraction of sp³-hybridized carbons (Fsp3) is 0.692. The summed E-state index contributed by atoms with van der Waals surface area (Å²) < 4.78 is 1.90. The molecule has 0 bridgehead atoms. The molecule has 0 saturated carbocycles. The highest BCUT2D eigenvalue weighted by Gasteiger charge is 2.45. The van der Waals surface area contributed by atoms with Crippen molar-refractivity contribution >= 4 is 12.0 Å². The molecular formula is C13H21N5O3. The summed E-state index contributed by atoms with van der Waals surface area (Å²) in [7, 11) is 0. The summed E-state index contributed by atoms with van der Waals surface area (Å²) in [5, 5.41) is 19.9. The number of fused-ring (bicyclic) bond motifs is 1. The van der Waals surface area contributed by atoms with Crippen LogP contribution in [0.2, 0.25) is 0 Å². The lowest BCUT2D eigenvalue weighted by atomic mass is 9.74. The van der Waals surface area contributed by atoms with Gasteiger partial charge in [-0.3, -0.25) is 4.79 Å². The molecule has 1 aromatic heterocycles. The number of carboxylic acids is 1. The molecule has 8 nitrogen and oxygen atoms in total. The topological polar surface area (TPSA) is 100 Å². The molecule has 0 saturated heterocycles. The number of nitrogens with one attached hydrogen (secondary N) is 1. The van der Waals surface area contributed by atoms with Gasteiger partial charge >= 0.3 is 12.0 Å². The van der Waals surface area contributed by atoms with E-state index in [4.69, 9.17) is 0 Å². The molecule has 0 fully saturated rings.